The fraction of sp³-hybridized carbons (Fsp3) is 0.114. The molecule has 0 aliphatic heterocycles. The number of nitrogens with one attached hydrogen (secondary N) is 2. The Bertz CT molecular complexity index is 1780. The highest BCUT2D eigenvalue weighted by atomic mass is 35.5. The summed E-state index contributed by atoms with van der Waals surface area (Å²) < 4.78 is 5.21. The Labute approximate surface area is 265 Å². The van der Waals surface area contributed by atoms with Crippen LogP contribution in [0.1, 0.15) is 21.5 Å². The molecule has 0 saturated heterocycles. The molecule has 0 aliphatic rings. The lowest BCUT2D eigenvalue weighted by molar-refractivity contribution is -0.146. The Balaban J connectivity index is 1.58. The summed E-state index contributed by atoms with van der Waals surface area (Å²) in [5.41, 5.74) is 2.37. The zero-order chi connectivity index (χ0) is 31.1. The molecule has 44 heavy (non-hydrogen) atoms. The molecular formula is C35H29Cl2N3O4. The van der Waals surface area contributed by atoms with Crippen LogP contribution in [0.3, 0.4) is 0 Å². The van der Waals surface area contributed by atoms with Gasteiger partial charge in [-0.15, -0.1) is 0 Å². The molecule has 0 spiro atoms. The largest absolute Gasteiger partial charge is 0.467 e. The lowest BCUT2D eigenvalue weighted by Gasteiger charge is -2.31. The number of hydrogen-bond donors (Lipinski definition) is 2. The molecule has 0 bridgehead atoms. The average molecular weight is 627 g/mol. The number of para-hydroxylation sites is 1. The van der Waals surface area contributed by atoms with Crippen molar-refractivity contribution in [3.63, 3.8) is 0 Å². The van der Waals surface area contributed by atoms with Crippen molar-refractivity contribution >= 4 is 63.3 Å². The summed E-state index contributed by atoms with van der Waals surface area (Å²) in [6.45, 7) is 0.125. The number of carbonyl (C=O) groups is 3. The van der Waals surface area contributed by atoms with Gasteiger partial charge in [0.1, 0.15) is 6.04 Å². The van der Waals surface area contributed by atoms with Crippen LogP contribution in [-0.4, -0.2) is 36.0 Å². The Kier molecular flexibility index (Phi) is 9.79. The number of methoxy groups -OCH3 is 1. The van der Waals surface area contributed by atoms with Crippen molar-refractivity contribution < 1.29 is 19.1 Å². The number of benzene rings is 5. The van der Waals surface area contributed by atoms with E-state index in [0.29, 0.717) is 0 Å². The number of carbonyl (C=O) groups excluding carboxylic acids is 3. The van der Waals surface area contributed by atoms with Crippen molar-refractivity contribution in [1.82, 2.24) is 4.90 Å². The zero-order valence-corrected chi connectivity index (χ0v) is 25.3. The second-order valence-electron chi connectivity index (χ2n) is 10.1. The van der Waals surface area contributed by atoms with E-state index < -0.39 is 23.9 Å². The summed E-state index contributed by atoms with van der Waals surface area (Å²) in [5, 5.41) is 7.60. The third-order valence-corrected chi connectivity index (χ3v) is 7.77. The molecule has 3 amide bonds. The maximum Gasteiger partial charge on any atom is 0.328 e. The van der Waals surface area contributed by atoms with Gasteiger partial charge in [-0.1, -0.05) is 114 Å². The first-order valence-corrected chi connectivity index (χ1v) is 14.6. The van der Waals surface area contributed by atoms with Gasteiger partial charge >= 0.3 is 12.0 Å². The van der Waals surface area contributed by atoms with Gasteiger partial charge in [-0.05, 0) is 46.2 Å². The maximum absolute atomic E-state index is 14.6. The summed E-state index contributed by atoms with van der Waals surface area (Å²) in [5.74, 6) is -1.02. The third kappa shape index (κ3) is 7.19. The number of hydrogen-bond acceptors (Lipinski definition) is 4. The Morgan fingerprint density at radius 2 is 1.30 bits per heavy atom. The number of halogens is 2. The second-order valence-corrected chi connectivity index (χ2v) is 10.9. The van der Waals surface area contributed by atoms with Crippen molar-refractivity contribution in [1.29, 1.82) is 0 Å². The van der Waals surface area contributed by atoms with Gasteiger partial charge in [0.15, 0.2) is 0 Å². The summed E-state index contributed by atoms with van der Waals surface area (Å²) in [6.07, 6.45) is 0.230. The molecule has 222 valence electrons. The van der Waals surface area contributed by atoms with Crippen molar-refractivity contribution in [2.75, 3.05) is 17.7 Å². The van der Waals surface area contributed by atoms with E-state index in [-0.39, 0.29) is 39.9 Å². The van der Waals surface area contributed by atoms with Gasteiger partial charge in [0, 0.05) is 13.0 Å². The predicted octanol–water partition coefficient (Wildman–Crippen LogP) is 8.22. The van der Waals surface area contributed by atoms with Crippen LogP contribution < -0.4 is 10.6 Å². The molecule has 5 rings (SSSR count). The Morgan fingerprint density at radius 1 is 0.727 bits per heavy atom. The minimum absolute atomic E-state index is 0.125. The van der Waals surface area contributed by atoms with E-state index in [1.165, 1.54) is 12.0 Å². The minimum atomic E-state index is -0.954. The predicted molar refractivity (Wildman–Crippen MR) is 175 cm³/mol. The number of esters is 1. The van der Waals surface area contributed by atoms with Gasteiger partial charge < -0.3 is 20.3 Å². The molecule has 5 aromatic carbocycles. The van der Waals surface area contributed by atoms with Gasteiger partial charge in [0.2, 0.25) is 0 Å². The summed E-state index contributed by atoms with van der Waals surface area (Å²) >= 11 is 12.5. The first-order valence-electron chi connectivity index (χ1n) is 13.9. The van der Waals surface area contributed by atoms with Crippen LogP contribution in [0, 0.1) is 0 Å². The lowest BCUT2D eigenvalue weighted by atomic mass is 10.00. The van der Waals surface area contributed by atoms with E-state index in [9.17, 15) is 14.4 Å². The van der Waals surface area contributed by atoms with Crippen LogP contribution in [0.15, 0.2) is 115 Å². The smallest absolute Gasteiger partial charge is 0.328 e. The quantitative estimate of drug-likeness (QED) is 0.162. The van der Waals surface area contributed by atoms with Gasteiger partial charge in [0.05, 0.1) is 34.1 Å². The van der Waals surface area contributed by atoms with Crippen molar-refractivity contribution in [2.45, 2.75) is 19.0 Å². The van der Waals surface area contributed by atoms with Crippen LogP contribution in [0.4, 0.5) is 16.2 Å². The van der Waals surface area contributed by atoms with E-state index in [2.05, 4.69) is 10.6 Å². The normalized spacial score (nSPS) is 11.4. The van der Waals surface area contributed by atoms with Crippen molar-refractivity contribution in [3.8, 4) is 0 Å². The van der Waals surface area contributed by atoms with Crippen LogP contribution in [-0.2, 0) is 22.5 Å². The molecule has 0 aromatic heterocycles. The monoisotopic (exact) mass is 625 g/mol. The van der Waals surface area contributed by atoms with E-state index in [4.69, 9.17) is 27.9 Å². The SMILES string of the molecule is COC(=O)[C@H](Cc1ccccc1)N(Cc1ccccc1)C(=O)c1cc2ccccc2cc1NC(=O)Nc1c(Cl)cccc1Cl. The molecule has 0 unspecified atom stereocenters. The van der Waals surface area contributed by atoms with Crippen molar-refractivity contribution in [2.24, 2.45) is 0 Å². The minimum Gasteiger partial charge on any atom is -0.467 e. The van der Waals surface area contributed by atoms with Crippen molar-refractivity contribution in [3.05, 3.63) is 142 Å². The molecule has 0 aliphatic carbocycles. The number of nitrogens with zero attached hydrogens (tertiary/aromatic N) is 1. The highest BCUT2D eigenvalue weighted by Crippen LogP contribution is 2.31. The molecule has 0 radical (unpaired) electrons. The topological polar surface area (TPSA) is 87.7 Å². The van der Waals surface area contributed by atoms with Gasteiger partial charge in [-0.2, -0.15) is 0 Å². The van der Waals surface area contributed by atoms with Crippen LogP contribution in [0.25, 0.3) is 10.8 Å². The van der Waals surface area contributed by atoms with E-state index in [1.807, 2.05) is 84.9 Å². The number of urea groups is 1. The van der Waals surface area contributed by atoms with E-state index in [0.717, 1.165) is 21.9 Å². The fourth-order valence-corrected chi connectivity index (χ4v) is 5.45. The highest BCUT2D eigenvalue weighted by Gasteiger charge is 2.33. The number of rotatable bonds is 9. The van der Waals surface area contributed by atoms with Gasteiger partial charge in [0.25, 0.3) is 5.91 Å². The fourth-order valence-electron chi connectivity index (χ4n) is 4.96. The van der Waals surface area contributed by atoms with E-state index in [1.54, 1.807) is 30.3 Å². The second kappa shape index (κ2) is 14.1. The molecule has 0 fully saturated rings. The van der Waals surface area contributed by atoms with Crippen LogP contribution in [0.2, 0.25) is 10.0 Å². The standard InChI is InChI=1S/C35H29Cl2N3O4/c1-44-34(42)31(19-23-11-4-2-5-12-23)40(22-24-13-6-3-7-14-24)33(41)27-20-25-15-8-9-16-26(25)21-30(27)38-35(43)39-32-28(36)17-10-18-29(32)37/h2-18,20-21,31H,19,22H2,1H3,(H2,38,39,43)/t31-/m0/s1. The van der Waals surface area contributed by atoms with E-state index >= 15 is 0 Å². The third-order valence-electron chi connectivity index (χ3n) is 7.14. The average Bonchev–Trinajstić information content (AvgIpc) is 3.04. The molecular weight excluding hydrogens is 597 g/mol. The van der Waals surface area contributed by atoms with Gasteiger partial charge in [-0.25, -0.2) is 9.59 Å². The Morgan fingerprint density at radius 3 is 1.91 bits per heavy atom. The first kappa shape index (κ1) is 30.6. The van der Waals surface area contributed by atoms with Crippen LogP contribution >= 0.6 is 23.2 Å². The zero-order valence-electron chi connectivity index (χ0n) is 23.8. The molecule has 5 aromatic rings. The number of amides is 3. The van der Waals surface area contributed by atoms with Gasteiger partial charge in [-0.3, -0.25) is 4.79 Å². The summed E-state index contributed by atoms with van der Waals surface area (Å²) in [7, 11) is 1.30. The maximum atomic E-state index is 14.6. The summed E-state index contributed by atoms with van der Waals surface area (Å²) in [6, 6.07) is 33.0. The molecule has 7 nitrogen and oxygen atoms in total. The molecule has 2 N–H and O–H groups in total. The molecule has 0 saturated carbocycles. The van der Waals surface area contributed by atoms with Crippen LogP contribution in [0.5, 0.6) is 0 Å². The first-order chi connectivity index (χ1) is 21.3. The Hall–Kier alpha value is -4.85. The number of fused-ring (bicyclic) bond motifs is 1. The number of anilines is 2. The molecule has 0 heterocycles. The molecule has 9 heteroatoms. The lowest BCUT2D eigenvalue weighted by Crippen LogP contribution is -2.46. The molecule has 1 atom stereocenters. The number of ether oxygens (including phenoxy) is 1. The highest BCUT2D eigenvalue weighted by molar-refractivity contribution is 6.39. The summed E-state index contributed by atoms with van der Waals surface area (Å²) in [4.78, 5) is 42.7.